The van der Waals surface area contributed by atoms with Crippen LogP contribution in [0.3, 0.4) is 0 Å². The maximum Gasteiger partial charge on any atom is 0.220 e. The molecule has 3 heterocycles. The van der Waals surface area contributed by atoms with Crippen molar-refractivity contribution in [3.63, 3.8) is 0 Å². The summed E-state index contributed by atoms with van der Waals surface area (Å²) >= 11 is 0. The van der Waals surface area contributed by atoms with Crippen molar-refractivity contribution in [1.29, 1.82) is 0 Å². The largest absolute Gasteiger partial charge is 0.371 e. The van der Waals surface area contributed by atoms with Gasteiger partial charge in [-0.2, -0.15) is 0 Å². The molecule has 2 saturated heterocycles. The molecule has 4 rings (SSSR count). The fraction of sp³-hybridized carbons (Fsp3) is 0.833. The van der Waals surface area contributed by atoms with Crippen molar-refractivity contribution < 1.29 is 14.3 Å². The summed E-state index contributed by atoms with van der Waals surface area (Å²) in [5, 5.41) is 11.7. The second-order valence-electron chi connectivity index (χ2n) is 7.59. The first-order valence-electron chi connectivity index (χ1n) is 9.68. The predicted octanol–water partition coefficient (Wildman–Crippen LogP) is 1.63. The van der Waals surface area contributed by atoms with Gasteiger partial charge in [-0.25, -0.2) is 4.68 Å². The summed E-state index contributed by atoms with van der Waals surface area (Å²) in [6.45, 7) is 2.91. The summed E-state index contributed by atoms with van der Waals surface area (Å²) in [6, 6.07) is -0.0196. The zero-order valence-electron chi connectivity index (χ0n) is 14.9. The predicted molar refractivity (Wildman–Crippen MR) is 91.0 cm³/mol. The van der Waals surface area contributed by atoms with Crippen LogP contribution in [-0.2, 0) is 20.7 Å². The van der Waals surface area contributed by atoms with E-state index in [0.29, 0.717) is 19.6 Å². The number of hydrogen-bond acceptors (Lipinski definition) is 5. The van der Waals surface area contributed by atoms with Gasteiger partial charge in [0.15, 0.2) is 0 Å². The molecule has 1 aromatic rings. The van der Waals surface area contributed by atoms with E-state index in [1.807, 2.05) is 11.6 Å². The maximum absolute atomic E-state index is 11.7. The molecule has 0 bridgehead atoms. The third kappa shape index (κ3) is 3.58. The minimum Gasteiger partial charge on any atom is -0.371 e. The minimum atomic E-state index is -0.0912. The Balaban J connectivity index is 1.37. The van der Waals surface area contributed by atoms with E-state index in [2.05, 4.69) is 21.8 Å². The van der Waals surface area contributed by atoms with Crippen LogP contribution in [0.2, 0.25) is 0 Å². The van der Waals surface area contributed by atoms with Gasteiger partial charge in [-0.3, -0.25) is 4.79 Å². The van der Waals surface area contributed by atoms with Crippen LogP contribution in [0.4, 0.5) is 0 Å². The Hall–Kier alpha value is -1.47. The van der Waals surface area contributed by atoms with Gasteiger partial charge in [0, 0.05) is 12.6 Å². The van der Waals surface area contributed by atoms with Crippen LogP contribution in [0, 0.1) is 5.92 Å². The molecule has 3 aliphatic rings. The Bertz CT molecular complexity index is 599. The molecule has 4 atom stereocenters. The van der Waals surface area contributed by atoms with Crippen LogP contribution in [0.25, 0.3) is 0 Å². The molecule has 138 valence electrons. The summed E-state index contributed by atoms with van der Waals surface area (Å²) < 4.78 is 13.8. The van der Waals surface area contributed by atoms with Crippen LogP contribution in [0.5, 0.6) is 0 Å². The second-order valence-corrected chi connectivity index (χ2v) is 7.59. The van der Waals surface area contributed by atoms with Gasteiger partial charge in [0.1, 0.15) is 18.2 Å². The molecule has 7 heteroatoms. The molecule has 1 aromatic heterocycles. The highest BCUT2D eigenvalue weighted by atomic mass is 16.6. The third-order valence-corrected chi connectivity index (χ3v) is 5.81. The molecule has 25 heavy (non-hydrogen) atoms. The standard InChI is InChI=1S/C18H28N4O3/c1-2-16(23)19-14-10-24-18-15(11-25-17(14)18)22-9-13(20-21-22)8-12-6-4-3-5-7-12/h9,12,14-15,17-18H,2-8,10-11H2,1H3,(H,19,23)/t14-,15-,17+,18+/m0/s1. The molecular formula is C18H28N4O3. The lowest BCUT2D eigenvalue weighted by Crippen LogP contribution is -2.43. The highest BCUT2D eigenvalue weighted by Crippen LogP contribution is 2.34. The number of amides is 1. The number of nitrogens with zero attached hydrogens (tertiary/aromatic N) is 3. The van der Waals surface area contributed by atoms with Gasteiger partial charge >= 0.3 is 0 Å². The third-order valence-electron chi connectivity index (χ3n) is 5.81. The minimum absolute atomic E-state index is 0.0387. The van der Waals surface area contributed by atoms with Crippen LogP contribution >= 0.6 is 0 Å². The fourth-order valence-corrected chi connectivity index (χ4v) is 4.39. The number of rotatable bonds is 5. The molecule has 0 aromatic carbocycles. The molecule has 2 aliphatic heterocycles. The van der Waals surface area contributed by atoms with E-state index in [1.165, 1.54) is 32.1 Å². The lowest BCUT2D eigenvalue weighted by molar-refractivity contribution is -0.122. The summed E-state index contributed by atoms with van der Waals surface area (Å²) in [4.78, 5) is 11.7. The smallest absolute Gasteiger partial charge is 0.220 e. The van der Waals surface area contributed by atoms with E-state index in [-0.39, 0.29) is 30.2 Å². The lowest BCUT2D eigenvalue weighted by atomic mass is 9.86. The first kappa shape index (κ1) is 17.0. The molecule has 0 spiro atoms. The van der Waals surface area contributed by atoms with E-state index >= 15 is 0 Å². The Morgan fingerprint density at radius 3 is 2.84 bits per heavy atom. The number of hydrogen-bond donors (Lipinski definition) is 1. The normalized spacial score (nSPS) is 32.7. The monoisotopic (exact) mass is 348 g/mol. The summed E-state index contributed by atoms with van der Waals surface area (Å²) in [6.07, 6.45) is 10.1. The molecule has 1 saturated carbocycles. The van der Waals surface area contributed by atoms with Gasteiger partial charge in [0.2, 0.25) is 5.91 Å². The summed E-state index contributed by atoms with van der Waals surface area (Å²) in [7, 11) is 0. The van der Waals surface area contributed by atoms with Crippen molar-refractivity contribution in [3.05, 3.63) is 11.9 Å². The number of ether oxygens (including phenoxy) is 2. The van der Waals surface area contributed by atoms with Gasteiger partial charge in [-0.15, -0.1) is 5.10 Å². The van der Waals surface area contributed by atoms with E-state index in [9.17, 15) is 4.79 Å². The summed E-state index contributed by atoms with van der Waals surface area (Å²) in [5.74, 6) is 0.791. The highest BCUT2D eigenvalue weighted by molar-refractivity contribution is 5.76. The zero-order chi connectivity index (χ0) is 17.2. The molecule has 1 N–H and O–H groups in total. The van der Waals surface area contributed by atoms with Crippen LogP contribution in [0.15, 0.2) is 6.20 Å². The number of nitrogens with one attached hydrogen (secondary N) is 1. The Morgan fingerprint density at radius 2 is 2.04 bits per heavy atom. The van der Waals surface area contributed by atoms with Crippen molar-refractivity contribution in [2.24, 2.45) is 5.92 Å². The van der Waals surface area contributed by atoms with Crippen LogP contribution < -0.4 is 5.32 Å². The molecular weight excluding hydrogens is 320 g/mol. The number of carbonyl (C=O) groups is 1. The van der Waals surface area contributed by atoms with Gasteiger partial charge in [-0.05, 0) is 12.3 Å². The van der Waals surface area contributed by atoms with Gasteiger partial charge in [0.25, 0.3) is 0 Å². The van der Waals surface area contributed by atoms with Crippen LogP contribution in [0.1, 0.15) is 57.2 Å². The molecule has 0 radical (unpaired) electrons. The molecule has 1 amide bonds. The van der Waals surface area contributed by atoms with Gasteiger partial charge in [0.05, 0.1) is 24.9 Å². The quantitative estimate of drug-likeness (QED) is 0.875. The van der Waals surface area contributed by atoms with Gasteiger partial charge in [-0.1, -0.05) is 44.2 Å². The SMILES string of the molecule is CCC(=O)N[C@H]1CO[C@H]2[C@@H]1OC[C@@H]2n1cc(CC2CCCCC2)nn1. The van der Waals surface area contributed by atoms with Crippen molar-refractivity contribution in [3.8, 4) is 0 Å². The zero-order valence-corrected chi connectivity index (χ0v) is 14.9. The summed E-state index contributed by atoms with van der Waals surface area (Å²) in [5.41, 5.74) is 1.07. The van der Waals surface area contributed by atoms with E-state index in [4.69, 9.17) is 9.47 Å². The molecule has 3 fully saturated rings. The molecule has 0 unspecified atom stereocenters. The van der Waals surface area contributed by atoms with Crippen molar-refractivity contribution in [2.45, 2.75) is 76.2 Å². The second kappa shape index (κ2) is 7.41. The van der Waals surface area contributed by atoms with E-state index in [0.717, 1.165) is 18.0 Å². The fourth-order valence-electron chi connectivity index (χ4n) is 4.39. The van der Waals surface area contributed by atoms with E-state index in [1.54, 1.807) is 0 Å². The lowest BCUT2D eigenvalue weighted by Gasteiger charge is -2.20. The van der Waals surface area contributed by atoms with Gasteiger partial charge < -0.3 is 14.8 Å². The molecule has 1 aliphatic carbocycles. The maximum atomic E-state index is 11.7. The van der Waals surface area contributed by atoms with Crippen molar-refractivity contribution >= 4 is 5.91 Å². The Kier molecular flexibility index (Phi) is 5.03. The highest BCUT2D eigenvalue weighted by Gasteiger charge is 2.49. The average molecular weight is 348 g/mol. The number of carbonyl (C=O) groups excluding carboxylic acids is 1. The first-order chi connectivity index (χ1) is 12.2. The number of aromatic nitrogens is 3. The van der Waals surface area contributed by atoms with Crippen LogP contribution in [-0.4, -0.2) is 52.4 Å². The van der Waals surface area contributed by atoms with Crippen molar-refractivity contribution in [1.82, 2.24) is 20.3 Å². The topological polar surface area (TPSA) is 78.3 Å². The Labute approximate surface area is 148 Å². The Morgan fingerprint density at radius 1 is 1.24 bits per heavy atom. The first-order valence-corrected chi connectivity index (χ1v) is 9.68. The number of fused-ring (bicyclic) bond motifs is 1. The van der Waals surface area contributed by atoms with E-state index < -0.39 is 0 Å². The average Bonchev–Trinajstić information content (AvgIpc) is 3.33. The van der Waals surface area contributed by atoms with Crippen molar-refractivity contribution in [2.75, 3.05) is 13.2 Å². The molecule has 7 nitrogen and oxygen atoms in total.